The molecule has 1 aliphatic heterocycles. The fourth-order valence-corrected chi connectivity index (χ4v) is 2.21. The maximum absolute atomic E-state index is 11.1. The van der Waals surface area contributed by atoms with Gasteiger partial charge in [0, 0.05) is 25.2 Å². The number of aromatic carboxylic acids is 1. The molecule has 1 aromatic rings. The van der Waals surface area contributed by atoms with Crippen molar-refractivity contribution in [3.05, 3.63) is 29.8 Å². The van der Waals surface area contributed by atoms with E-state index in [4.69, 9.17) is 20.3 Å². The Labute approximate surface area is 112 Å². The molecular weight excluding hydrogens is 246 g/mol. The van der Waals surface area contributed by atoms with Gasteiger partial charge in [-0.2, -0.15) is 0 Å². The van der Waals surface area contributed by atoms with Gasteiger partial charge in [-0.15, -0.1) is 0 Å². The minimum Gasteiger partial charge on any atom is -0.492 e. The zero-order valence-corrected chi connectivity index (χ0v) is 10.8. The number of carbonyl (C=O) groups is 1. The molecule has 0 atom stereocenters. The third kappa shape index (κ3) is 3.24. The lowest BCUT2D eigenvalue weighted by molar-refractivity contribution is -0.00525. The highest BCUT2D eigenvalue weighted by Crippen LogP contribution is 2.31. The van der Waals surface area contributed by atoms with E-state index in [-0.39, 0.29) is 11.0 Å². The van der Waals surface area contributed by atoms with Crippen LogP contribution < -0.4 is 10.5 Å². The second-order valence-electron chi connectivity index (χ2n) is 4.91. The Hall–Kier alpha value is -1.59. The molecule has 1 aromatic carbocycles. The molecule has 3 N–H and O–H groups in total. The van der Waals surface area contributed by atoms with Crippen molar-refractivity contribution >= 4 is 5.97 Å². The average molecular weight is 265 g/mol. The quantitative estimate of drug-likeness (QED) is 0.843. The highest BCUT2D eigenvalue weighted by molar-refractivity contribution is 5.90. The number of hydrogen-bond acceptors (Lipinski definition) is 4. The molecule has 0 amide bonds. The van der Waals surface area contributed by atoms with Gasteiger partial charge in [-0.05, 0) is 25.0 Å². The first kappa shape index (κ1) is 13.8. The van der Waals surface area contributed by atoms with Gasteiger partial charge < -0.3 is 20.3 Å². The number of hydrogen-bond donors (Lipinski definition) is 2. The average Bonchev–Trinajstić information content (AvgIpc) is 2.46. The molecule has 0 aromatic heterocycles. The SMILES string of the molecule is NCC1(COc2ccccc2C(=O)O)CCOCC1. The van der Waals surface area contributed by atoms with Crippen LogP contribution in [-0.2, 0) is 4.74 Å². The predicted octanol–water partition coefficient (Wildman–Crippen LogP) is 1.52. The van der Waals surface area contributed by atoms with Gasteiger partial charge in [-0.25, -0.2) is 4.79 Å². The zero-order chi connectivity index (χ0) is 13.7. The fourth-order valence-electron chi connectivity index (χ4n) is 2.21. The summed E-state index contributed by atoms with van der Waals surface area (Å²) in [7, 11) is 0. The van der Waals surface area contributed by atoms with Gasteiger partial charge >= 0.3 is 5.97 Å². The van der Waals surface area contributed by atoms with E-state index in [1.165, 1.54) is 6.07 Å². The molecule has 1 aliphatic rings. The maximum atomic E-state index is 11.1. The smallest absolute Gasteiger partial charge is 0.339 e. The van der Waals surface area contributed by atoms with Crippen LogP contribution in [0.2, 0.25) is 0 Å². The van der Waals surface area contributed by atoms with E-state index in [1.54, 1.807) is 18.2 Å². The summed E-state index contributed by atoms with van der Waals surface area (Å²) in [5, 5.41) is 9.10. The largest absolute Gasteiger partial charge is 0.492 e. The van der Waals surface area contributed by atoms with Gasteiger partial charge in [-0.1, -0.05) is 12.1 Å². The van der Waals surface area contributed by atoms with Crippen molar-refractivity contribution in [1.82, 2.24) is 0 Å². The van der Waals surface area contributed by atoms with Gasteiger partial charge in [0.2, 0.25) is 0 Å². The fraction of sp³-hybridized carbons (Fsp3) is 0.500. The second kappa shape index (κ2) is 6.04. The van der Waals surface area contributed by atoms with E-state index in [9.17, 15) is 4.79 Å². The number of carboxylic acid groups (broad SMARTS) is 1. The monoisotopic (exact) mass is 265 g/mol. The van der Waals surface area contributed by atoms with Crippen LogP contribution in [0.1, 0.15) is 23.2 Å². The van der Waals surface area contributed by atoms with Crippen LogP contribution in [0.5, 0.6) is 5.75 Å². The summed E-state index contributed by atoms with van der Waals surface area (Å²) in [5.74, 6) is -0.585. The molecule has 1 saturated heterocycles. The molecule has 0 radical (unpaired) electrons. The predicted molar refractivity (Wildman–Crippen MR) is 70.4 cm³/mol. The third-order valence-electron chi connectivity index (χ3n) is 3.64. The Balaban J connectivity index is 2.07. The van der Waals surface area contributed by atoms with Crippen LogP contribution in [0.3, 0.4) is 0 Å². The molecule has 0 saturated carbocycles. The van der Waals surface area contributed by atoms with E-state index in [2.05, 4.69) is 0 Å². The summed E-state index contributed by atoms with van der Waals surface area (Å²) in [6, 6.07) is 6.66. The second-order valence-corrected chi connectivity index (χ2v) is 4.91. The van der Waals surface area contributed by atoms with Crippen molar-refractivity contribution < 1.29 is 19.4 Å². The lowest BCUT2D eigenvalue weighted by Gasteiger charge is -2.35. The topological polar surface area (TPSA) is 81.8 Å². The molecule has 0 unspecified atom stereocenters. The van der Waals surface area contributed by atoms with Crippen LogP contribution in [0.15, 0.2) is 24.3 Å². The Morgan fingerprint density at radius 2 is 2.05 bits per heavy atom. The zero-order valence-electron chi connectivity index (χ0n) is 10.8. The molecule has 0 aliphatic carbocycles. The van der Waals surface area contributed by atoms with Gasteiger partial charge in [-0.3, -0.25) is 0 Å². The van der Waals surface area contributed by atoms with Crippen molar-refractivity contribution in [3.63, 3.8) is 0 Å². The summed E-state index contributed by atoms with van der Waals surface area (Å²) in [6.07, 6.45) is 1.69. The Morgan fingerprint density at radius 3 is 2.68 bits per heavy atom. The lowest BCUT2D eigenvalue weighted by Crippen LogP contribution is -2.41. The molecule has 0 spiro atoms. The van der Waals surface area contributed by atoms with Gasteiger partial charge in [0.25, 0.3) is 0 Å². The van der Waals surface area contributed by atoms with Gasteiger partial charge in [0.15, 0.2) is 0 Å². The maximum Gasteiger partial charge on any atom is 0.339 e. The van der Waals surface area contributed by atoms with Gasteiger partial charge in [0.1, 0.15) is 11.3 Å². The van der Waals surface area contributed by atoms with Crippen LogP contribution in [-0.4, -0.2) is 37.4 Å². The molecule has 5 nitrogen and oxygen atoms in total. The van der Waals surface area contributed by atoms with E-state index >= 15 is 0 Å². The van der Waals surface area contributed by atoms with Crippen LogP contribution >= 0.6 is 0 Å². The molecule has 5 heteroatoms. The van der Waals surface area contributed by atoms with E-state index in [1.807, 2.05) is 0 Å². The summed E-state index contributed by atoms with van der Waals surface area (Å²) in [6.45, 7) is 2.31. The van der Waals surface area contributed by atoms with Crippen LogP contribution in [0.4, 0.5) is 0 Å². The van der Waals surface area contributed by atoms with Crippen molar-refractivity contribution in [2.75, 3.05) is 26.4 Å². The first-order valence-electron chi connectivity index (χ1n) is 6.40. The molecule has 0 bridgehead atoms. The minimum absolute atomic E-state index is 0.107. The summed E-state index contributed by atoms with van der Waals surface area (Å²) >= 11 is 0. The van der Waals surface area contributed by atoms with Crippen LogP contribution in [0, 0.1) is 5.41 Å². The Morgan fingerprint density at radius 1 is 1.37 bits per heavy atom. The highest BCUT2D eigenvalue weighted by atomic mass is 16.5. The first-order chi connectivity index (χ1) is 9.17. The molecule has 1 heterocycles. The molecule has 19 heavy (non-hydrogen) atoms. The molecular formula is C14H19NO4. The Kier molecular flexibility index (Phi) is 4.39. The standard InChI is InChI=1S/C14H19NO4/c15-9-14(5-7-18-8-6-14)10-19-12-4-2-1-3-11(12)13(16)17/h1-4H,5-10,15H2,(H,16,17). The summed E-state index contributed by atoms with van der Waals surface area (Å²) in [5.41, 5.74) is 5.92. The Bertz CT molecular complexity index is 441. The summed E-state index contributed by atoms with van der Waals surface area (Å²) in [4.78, 5) is 11.1. The molecule has 104 valence electrons. The van der Waals surface area contributed by atoms with Gasteiger partial charge in [0.05, 0.1) is 6.61 Å². The van der Waals surface area contributed by atoms with E-state index < -0.39 is 5.97 Å². The van der Waals surface area contributed by atoms with Crippen LogP contribution in [0.25, 0.3) is 0 Å². The third-order valence-corrected chi connectivity index (χ3v) is 3.64. The molecule has 2 rings (SSSR count). The normalized spacial score (nSPS) is 17.9. The van der Waals surface area contributed by atoms with Crippen molar-refractivity contribution in [2.45, 2.75) is 12.8 Å². The minimum atomic E-state index is -0.982. The number of rotatable bonds is 5. The molecule has 1 fully saturated rings. The number of carboxylic acids is 1. The lowest BCUT2D eigenvalue weighted by atomic mass is 9.81. The number of para-hydroxylation sites is 1. The van der Waals surface area contributed by atoms with Crippen molar-refractivity contribution in [1.29, 1.82) is 0 Å². The van der Waals surface area contributed by atoms with Crippen molar-refractivity contribution in [2.24, 2.45) is 11.1 Å². The number of ether oxygens (including phenoxy) is 2. The van der Waals surface area contributed by atoms with E-state index in [0.717, 1.165) is 12.8 Å². The van der Waals surface area contributed by atoms with Crippen molar-refractivity contribution in [3.8, 4) is 5.75 Å². The summed E-state index contributed by atoms with van der Waals surface area (Å²) < 4.78 is 11.1. The number of nitrogens with two attached hydrogens (primary N) is 1. The highest BCUT2D eigenvalue weighted by Gasteiger charge is 2.32. The van der Waals surface area contributed by atoms with E-state index in [0.29, 0.717) is 32.1 Å². The number of benzene rings is 1. The first-order valence-corrected chi connectivity index (χ1v) is 6.40.